The molecule has 0 radical (unpaired) electrons. The summed E-state index contributed by atoms with van der Waals surface area (Å²) in [6.07, 6.45) is 3.30. The van der Waals surface area contributed by atoms with Crippen molar-refractivity contribution >= 4 is 11.7 Å². The minimum absolute atomic E-state index is 0.280. The third kappa shape index (κ3) is 3.50. The largest absolute Gasteiger partial charge is 0.478 e. The monoisotopic (exact) mass is 279 g/mol. The van der Waals surface area contributed by atoms with E-state index in [2.05, 4.69) is 26.1 Å². The van der Waals surface area contributed by atoms with Gasteiger partial charge in [0.1, 0.15) is 5.82 Å². The summed E-state index contributed by atoms with van der Waals surface area (Å²) >= 11 is 0. The van der Waals surface area contributed by atoms with E-state index in [4.69, 9.17) is 5.11 Å². The molecule has 1 aliphatic rings. The molecule has 1 saturated carbocycles. The number of nitrogens with one attached hydrogen (secondary N) is 1. The van der Waals surface area contributed by atoms with Gasteiger partial charge in [-0.15, -0.1) is 0 Å². The van der Waals surface area contributed by atoms with Crippen molar-refractivity contribution in [3.8, 4) is 0 Å². The molecular weight excluding hydrogens is 257 g/mol. The fourth-order valence-corrected chi connectivity index (χ4v) is 3.47. The first-order chi connectivity index (χ1) is 9.27. The Hall–Kier alpha value is -1.58. The Morgan fingerprint density at radius 1 is 1.40 bits per heavy atom. The molecule has 0 bridgehead atoms. The van der Waals surface area contributed by atoms with Crippen LogP contribution >= 0.6 is 0 Å². The predicted molar refractivity (Wildman–Crippen MR) is 77.6 cm³/mol. The van der Waals surface area contributed by atoms with Crippen LogP contribution in [0.2, 0.25) is 0 Å². The standard InChI is InChI=1S/C16H22FNO2/c1-10-6-12(9-16(2,3)8-10)18-11-4-5-14(17)13(7-11)15(19)20/h4-5,7,10,12,18H,6,8-9H2,1-3H3,(H,19,20). The Bertz CT molecular complexity index is 513. The van der Waals surface area contributed by atoms with Crippen LogP contribution in [0.15, 0.2) is 18.2 Å². The summed E-state index contributed by atoms with van der Waals surface area (Å²) in [5.74, 6) is -1.29. The molecular formula is C16H22FNO2. The predicted octanol–water partition coefficient (Wildman–Crippen LogP) is 4.15. The summed E-state index contributed by atoms with van der Waals surface area (Å²) in [5.41, 5.74) is 0.683. The molecule has 4 heteroatoms. The highest BCUT2D eigenvalue weighted by Gasteiger charge is 2.32. The highest BCUT2D eigenvalue weighted by molar-refractivity contribution is 5.89. The number of anilines is 1. The van der Waals surface area contributed by atoms with Crippen molar-refractivity contribution in [2.45, 2.75) is 46.1 Å². The van der Waals surface area contributed by atoms with Gasteiger partial charge < -0.3 is 10.4 Å². The van der Waals surface area contributed by atoms with Crippen LogP contribution in [0.1, 0.15) is 50.4 Å². The molecule has 1 aromatic rings. The number of rotatable bonds is 3. The highest BCUT2D eigenvalue weighted by Crippen LogP contribution is 2.39. The van der Waals surface area contributed by atoms with E-state index in [1.165, 1.54) is 18.6 Å². The van der Waals surface area contributed by atoms with E-state index in [0.717, 1.165) is 12.8 Å². The lowest BCUT2D eigenvalue weighted by atomic mass is 9.70. The summed E-state index contributed by atoms with van der Waals surface area (Å²) in [4.78, 5) is 11.0. The topological polar surface area (TPSA) is 49.3 Å². The van der Waals surface area contributed by atoms with Gasteiger partial charge in [-0.1, -0.05) is 20.8 Å². The molecule has 0 heterocycles. The SMILES string of the molecule is CC1CC(Nc2ccc(F)c(C(=O)O)c2)CC(C)(C)C1. The number of carboxylic acid groups (broad SMARTS) is 1. The van der Waals surface area contributed by atoms with Gasteiger partial charge in [-0.2, -0.15) is 0 Å². The van der Waals surface area contributed by atoms with Crippen molar-refractivity contribution in [1.29, 1.82) is 0 Å². The van der Waals surface area contributed by atoms with Gasteiger partial charge in [0.2, 0.25) is 0 Å². The maximum Gasteiger partial charge on any atom is 0.338 e. The molecule has 1 aromatic carbocycles. The van der Waals surface area contributed by atoms with E-state index in [-0.39, 0.29) is 11.0 Å². The molecule has 1 fully saturated rings. The van der Waals surface area contributed by atoms with Gasteiger partial charge in [0.25, 0.3) is 0 Å². The van der Waals surface area contributed by atoms with Crippen LogP contribution in [0.25, 0.3) is 0 Å². The summed E-state index contributed by atoms with van der Waals surface area (Å²) in [5, 5.41) is 12.3. The van der Waals surface area contributed by atoms with Gasteiger partial charge in [-0.25, -0.2) is 9.18 Å². The Balaban J connectivity index is 2.14. The fraction of sp³-hybridized carbons (Fsp3) is 0.562. The van der Waals surface area contributed by atoms with E-state index in [9.17, 15) is 9.18 Å². The molecule has 0 saturated heterocycles. The van der Waals surface area contributed by atoms with Gasteiger partial charge in [-0.05, 0) is 48.8 Å². The Morgan fingerprint density at radius 2 is 2.10 bits per heavy atom. The minimum Gasteiger partial charge on any atom is -0.478 e. The van der Waals surface area contributed by atoms with E-state index >= 15 is 0 Å². The third-order valence-electron chi connectivity index (χ3n) is 3.95. The normalized spacial score (nSPS) is 25.2. The first-order valence-electron chi connectivity index (χ1n) is 7.06. The van der Waals surface area contributed by atoms with Crippen LogP contribution in [-0.4, -0.2) is 17.1 Å². The first-order valence-corrected chi connectivity index (χ1v) is 7.06. The van der Waals surface area contributed by atoms with Gasteiger partial charge in [0, 0.05) is 11.7 Å². The summed E-state index contributed by atoms with van der Waals surface area (Å²) in [6, 6.07) is 4.50. The maximum atomic E-state index is 13.4. The van der Waals surface area contributed by atoms with Crippen LogP contribution in [0, 0.1) is 17.2 Å². The number of halogens is 1. The zero-order chi connectivity index (χ0) is 14.9. The second-order valence-corrected chi connectivity index (χ2v) is 6.75. The number of benzene rings is 1. The number of aromatic carboxylic acids is 1. The van der Waals surface area contributed by atoms with Crippen molar-refractivity contribution in [2.24, 2.45) is 11.3 Å². The lowest BCUT2D eigenvalue weighted by Crippen LogP contribution is -2.35. The zero-order valence-corrected chi connectivity index (χ0v) is 12.2. The maximum absolute atomic E-state index is 13.4. The molecule has 2 unspecified atom stereocenters. The molecule has 2 N–H and O–H groups in total. The quantitative estimate of drug-likeness (QED) is 0.873. The van der Waals surface area contributed by atoms with Crippen molar-refractivity contribution in [3.05, 3.63) is 29.6 Å². The van der Waals surface area contributed by atoms with Crippen molar-refractivity contribution in [2.75, 3.05) is 5.32 Å². The van der Waals surface area contributed by atoms with Crippen LogP contribution in [0.4, 0.5) is 10.1 Å². The molecule has 2 rings (SSSR count). The van der Waals surface area contributed by atoms with Crippen molar-refractivity contribution in [1.82, 2.24) is 0 Å². The van der Waals surface area contributed by atoms with E-state index < -0.39 is 11.8 Å². The Kier molecular flexibility index (Phi) is 4.02. The summed E-state index contributed by atoms with van der Waals surface area (Å²) in [6.45, 7) is 6.75. The average molecular weight is 279 g/mol. The van der Waals surface area contributed by atoms with Gasteiger partial charge in [-0.3, -0.25) is 0 Å². The second-order valence-electron chi connectivity index (χ2n) is 6.75. The molecule has 3 nitrogen and oxygen atoms in total. The fourth-order valence-electron chi connectivity index (χ4n) is 3.47. The van der Waals surface area contributed by atoms with E-state index in [1.807, 2.05) is 0 Å². The highest BCUT2D eigenvalue weighted by atomic mass is 19.1. The third-order valence-corrected chi connectivity index (χ3v) is 3.95. The smallest absolute Gasteiger partial charge is 0.338 e. The Morgan fingerprint density at radius 3 is 2.70 bits per heavy atom. The van der Waals surface area contributed by atoms with Gasteiger partial charge in [0.15, 0.2) is 0 Å². The molecule has 20 heavy (non-hydrogen) atoms. The molecule has 0 aromatic heterocycles. The lowest BCUT2D eigenvalue weighted by Gasteiger charge is -2.39. The molecule has 0 amide bonds. The zero-order valence-electron chi connectivity index (χ0n) is 12.2. The average Bonchev–Trinajstić information content (AvgIpc) is 2.28. The Labute approximate surface area is 119 Å². The molecule has 0 spiro atoms. The van der Waals surface area contributed by atoms with Crippen LogP contribution in [0.3, 0.4) is 0 Å². The van der Waals surface area contributed by atoms with Crippen molar-refractivity contribution < 1.29 is 14.3 Å². The van der Waals surface area contributed by atoms with E-state index in [0.29, 0.717) is 17.6 Å². The second kappa shape index (κ2) is 5.43. The van der Waals surface area contributed by atoms with Crippen molar-refractivity contribution in [3.63, 3.8) is 0 Å². The molecule has 110 valence electrons. The molecule has 2 atom stereocenters. The number of hydrogen-bond donors (Lipinski definition) is 2. The van der Waals surface area contributed by atoms with Crippen LogP contribution in [-0.2, 0) is 0 Å². The number of hydrogen-bond acceptors (Lipinski definition) is 2. The lowest BCUT2D eigenvalue weighted by molar-refractivity contribution is 0.0692. The van der Waals surface area contributed by atoms with E-state index in [1.54, 1.807) is 6.07 Å². The number of carbonyl (C=O) groups is 1. The van der Waals surface area contributed by atoms with Gasteiger partial charge in [0.05, 0.1) is 5.56 Å². The number of carboxylic acids is 1. The van der Waals surface area contributed by atoms with Gasteiger partial charge >= 0.3 is 5.97 Å². The molecule has 1 aliphatic carbocycles. The first kappa shape index (κ1) is 14.8. The minimum atomic E-state index is -1.23. The molecule has 0 aliphatic heterocycles. The summed E-state index contributed by atoms with van der Waals surface area (Å²) < 4.78 is 13.4. The van der Waals surface area contributed by atoms with Crippen LogP contribution in [0.5, 0.6) is 0 Å². The summed E-state index contributed by atoms with van der Waals surface area (Å²) in [7, 11) is 0. The van der Waals surface area contributed by atoms with Crippen LogP contribution < -0.4 is 5.32 Å².